The van der Waals surface area contributed by atoms with Crippen LogP contribution < -0.4 is 14.4 Å². The molecule has 0 aliphatic carbocycles. The number of nitrogens with zero attached hydrogens (tertiary/aromatic N) is 1. The van der Waals surface area contributed by atoms with Crippen LogP contribution in [0.4, 0.5) is 5.69 Å². The van der Waals surface area contributed by atoms with Crippen molar-refractivity contribution in [2.24, 2.45) is 0 Å². The maximum absolute atomic E-state index is 13.1. The number of sulfonamides is 1. The number of rotatable bonds is 5. The maximum atomic E-state index is 13.1. The molecule has 0 saturated carbocycles. The zero-order valence-electron chi connectivity index (χ0n) is 17.5. The minimum absolute atomic E-state index is 0.260. The summed E-state index contributed by atoms with van der Waals surface area (Å²) >= 11 is 0. The topological polar surface area (TPSA) is 75.7 Å². The van der Waals surface area contributed by atoms with E-state index in [1.165, 1.54) is 0 Å². The first-order valence-corrected chi connectivity index (χ1v) is 11.5. The van der Waals surface area contributed by atoms with Crippen LogP contribution in [0.1, 0.15) is 44.4 Å². The van der Waals surface area contributed by atoms with Gasteiger partial charge >= 0.3 is 0 Å². The Labute approximate surface area is 172 Å². The van der Waals surface area contributed by atoms with Gasteiger partial charge in [-0.05, 0) is 45.9 Å². The summed E-state index contributed by atoms with van der Waals surface area (Å²) in [5.41, 5.74) is 1.94. The first kappa shape index (κ1) is 21.2. The van der Waals surface area contributed by atoms with Crippen LogP contribution in [0.5, 0.6) is 5.75 Å². The molecule has 6 nitrogen and oxygen atoms in total. The average Bonchev–Trinajstić information content (AvgIpc) is 2.61. The predicted octanol–water partition coefficient (Wildman–Crippen LogP) is 3.57. The molecule has 2 aromatic rings. The summed E-state index contributed by atoms with van der Waals surface area (Å²) in [6, 6.07) is 13.5. The lowest BCUT2D eigenvalue weighted by Crippen LogP contribution is -2.50. The molecule has 1 amide bonds. The number of ether oxygens (including phenoxy) is 1. The highest BCUT2D eigenvalue weighted by Gasteiger charge is 2.36. The van der Waals surface area contributed by atoms with E-state index >= 15 is 0 Å². The Morgan fingerprint density at radius 3 is 2.41 bits per heavy atom. The first-order chi connectivity index (χ1) is 13.5. The number of amides is 1. The summed E-state index contributed by atoms with van der Waals surface area (Å²) < 4.78 is 32.1. The summed E-state index contributed by atoms with van der Waals surface area (Å²) in [6.07, 6.45) is 1.70. The molecule has 7 heteroatoms. The molecular weight excluding hydrogens is 388 g/mol. The van der Waals surface area contributed by atoms with Gasteiger partial charge in [-0.15, -0.1) is 0 Å². The van der Waals surface area contributed by atoms with Crippen LogP contribution in [-0.4, -0.2) is 32.2 Å². The van der Waals surface area contributed by atoms with E-state index in [-0.39, 0.29) is 11.9 Å². The predicted molar refractivity (Wildman–Crippen MR) is 115 cm³/mol. The summed E-state index contributed by atoms with van der Waals surface area (Å²) in [5.74, 6) is 0.383. The van der Waals surface area contributed by atoms with Crippen molar-refractivity contribution in [3.05, 3.63) is 59.7 Å². The largest absolute Gasteiger partial charge is 0.487 e. The van der Waals surface area contributed by atoms with E-state index in [2.05, 4.69) is 5.32 Å². The van der Waals surface area contributed by atoms with Gasteiger partial charge in [0.25, 0.3) is 0 Å². The molecule has 0 saturated heterocycles. The Morgan fingerprint density at radius 1 is 1.17 bits per heavy atom. The Hall–Kier alpha value is -2.54. The molecule has 1 heterocycles. The first-order valence-electron chi connectivity index (χ1n) is 9.62. The maximum Gasteiger partial charge on any atom is 0.244 e. The Bertz CT molecular complexity index is 1000. The quantitative estimate of drug-likeness (QED) is 0.809. The smallest absolute Gasteiger partial charge is 0.244 e. The van der Waals surface area contributed by atoms with Crippen LogP contribution in [0.3, 0.4) is 0 Å². The number of para-hydroxylation sites is 1. The molecular formula is C22H28N2O4S. The number of benzene rings is 2. The van der Waals surface area contributed by atoms with E-state index in [4.69, 9.17) is 4.74 Å². The van der Waals surface area contributed by atoms with Crippen molar-refractivity contribution in [1.82, 2.24) is 5.32 Å². The zero-order chi connectivity index (χ0) is 21.4. The van der Waals surface area contributed by atoms with Gasteiger partial charge in [-0.2, -0.15) is 0 Å². The molecule has 156 valence electrons. The van der Waals surface area contributed by atoms with Gasteiger partial charge < -0.3 is 10.1 Å². The molecule has 1 N–H and O–H groups in total. The number of nitrogens with one attached hydrogen (secondary N) is 1. The van der Waals surface area contributed by atoms with Crippen molar-refractivity contribution in [2.75, 3.05) is 10.6 Å². The van der Waals surface area contributed by atoms with E-state index in [1.54, 1.807) is 19.1 Å². The third-order valence-electron chi connectivity index (χ3n) is 5.07. The highest BCUT2D eigenvalue weighted by Crippen LogP contribution is 2.39. The third kappa shape index (κ3) is 4.72. The molecule has 0 spiro atoms. The summed E-state index contributed by atoms with van der Waals surface area (Å²) in [4.78, 5) is 13.1. The van der Waals surface area contributed by atoms with Gasteiger partial charge in [-0.1, -0.05) is 35.9 Å². The molecule has 0 bridgehead atoms. The summed E-state index contributed by atoms with van der Waals surface area (Å²) in [5, 5.41) is 3.04. The lowest BCUT2D eigenvalue weighted by Gasteiger charge is -2.38. The SMILES string of the molecule is Cc1ccc(N(C(C)C(=O)NC2CC(C)(C)Oc3ccccc32)S(C)(=O)=O)cc1. The van der Waals surface area contributed by atoms with Gasteiger partial charge in [0.15, 0.2) is 0 Å². The molecule has 1 aliphatic heterocycles. The minimum Gasteiger partial charge on any atom is -0.487 e. The second kappa shape index (κ2) is 7.71. The van der Waals surface area contributed by atoms with Gasteiger partial charge in [0.2, 0.25) is 15.9 Å². The number of hydrogen-bond acceptors (Lipinski definition) is 4. The van der Waals surface area contributed by atoms with Crippen LogP contribution in [-0.2, 0) is 14.8 Å². The standard InChI is InChI=1S/C22H28N2O4S/c1-15-10-12-17(13-11-15)24(29(5,26)27)16(2)21(25)23-19-14-22(3,4)28-20-9-7-6-8-18(19)20/h6-13,16,19H,14H2,1-5H3,(H,23,25). The van der Waals surface area contributed by atoms with Crippen LogP contribution >= 0.6 is 0 Å². The van der Waals surface area contributed by atoms with E-state index in [9.17, 15) is 13.2 Å². The van der Waals surface area contributed by atoms with Crippen LogP contribution in [0.15, 0.2) is 48.5 Å². The highest BCUT2D eigenvalue weighted by atomic mass is 32.2. The van der Waals surface area contributed by atoms with Crippen molar-refractivity contribution < 1.29 is 17.9 Å². The van der Waals surface area contributed by atoms with Crippen LogP contribution in [0.2, 0.25) is 0 Å². The van der Waals surface area contributed by atoms with Crippen LogP contribution in [0.25, 0.3) is 0 Å². The lowest BCUT2D eigenvalue weighted by atomic mass is 9.89. The minimum atomic E-state index is -3.65. The zero-order valence-corrected chi connectivity index (χ0v) is 18.3. The number of hydrogen-bond donors (Lipinski definition) is 1. The number of carbonyl (C=O) groups excluding carboxylic acids is 1. The molecule has 29 heavy (non-hydrogen) atoms. The Morgan fingerprint density at radius 2 is 1.79 bits per heavy atom. The molecule has 3 rings (SSSR count). The van der Waals surface area contributed by atoms with Crippen molar-refractivity contribution in [2.45, 2.75) is 51.8 Å². The molecule has 1 aliphatic rings. The van der Waals surface area contributed by atoms with E-state index in [0.29, 0.717) is 12.1 Å². The average molecular weight is 417 g/mol. The van der Waals surface area contributed by atoms with Crippen LogP contribution in [0, 0.1) is 6.92 Å². The fourth-order valence-corrected chi connectivity index (χ4v) is 4.90. The fourth-order valence-electron chi connectivity index (χ4n) is 3.72. The number of anilines is 1. The van der Waals surface area contributed by atoms with Crippen molar-refractivity contribution in [3.63, 3.8) is 0 Å². The second-order valence-corrected chi connectivity index (χ2v) is 10.1. The summed E-state index contributed by atoms with van der Waals surface area (Å²) in [6.45, 7) is 7.48. The number of aryl methyl sites for hydroxylation is 1. The van der Waals surface area contributed by atoms with Crippen molar-refractivity contribution >= 4 is 21.6 Å². The van der Waals surface area contributed by atoms with Gasteiger partial charge in [-0.3, -0.25) is 9.10 Å². The molecule has 2 unspecified atom stereocenters. The molecule has 0 aromatic heterocycles. The Kier molecular flexibility index (Phi) is 5.63. The van der Waals surface area contributed by atoms with Gasteiger partial charge in [-0.25, -0.2) is 8.42 Å². The molecule has 2 atom stereocenters. The van der Waals surface area contributed by atoms with E-state index in [0.717, 1.165) is 27.4 Å². The van der Waals surface area contributed by atoms with Crippen molar-refractivity contribution in [1.29, 1.82) is 0 Å². The van der Waals surface area contributed by atoms with Crippen molar-refractivity contribution in [3.8, 4) is 5.75 Å². The molecule has 0 fully saturated rings. The molecule has 2 aromatic carbocycles. The Balaban J connectivity index is 1.88. The monoisotopic (exact) mass is 416 g/mol. The van der Waals surface area contributed by atoms with E-state index < -0.39 is 21.7 Å². The fraction of sp³-hybridized carbons (Fsp3) is 0.409. The van der Waals surface area contributed by atoms with Gasteiger partial charge in [0.1, 0.15) is 17.4 Å². The normalized spacial score (nSPS) is 18.9. The van der Waals surface area contributed by atoms with Gasteiger partial charge in [0.05, 0.1) is 18.0 Å². The highest BCUT2D eigenvalue weighted by molar-refractivity contribution is 7.92. The summed E-state index contributed by atoms with van der Waals surface area (Å²) in [7, 11) is -3.65. The lowest BCUT2D eigenvalue weighted by molar-refractivity contribution is -0.123. The van der Waals surface area contributed by atoms with E-state index in [1.807, 2.05) is 57.2 Å². The molecule has 0 radical (unpaired) electrons. The van der Waals surface area contributed by atoms with Gasteiger partial charge in [0, 0.05) is 12.0 Å². The number of fused-ring (bicyclic) bond motifs is 1. The number of carbonyl (C=O) groups is 1. The third-order valence-corrected chi connectivity index (χ3v) is 6.31. The second-order valence-electron chi connectivity index (χ2n) is 8.24.